The minimum Gasteiger partial charge on any atom is -0.872 e. The number of carbonyl (C=O) groups is 2. The van der Waals surface area contributed by atoms with Crippen LogP contribution in [-0.2, 0) is 14.3 Å². The van der Waals surface area contributed by atoms with Crippen LogP contribution in [0.25, 0.3) is 5.76 Å². The number of halogens is 1. The van der Waals surface area contributed by atoms with Gasteiger partial charge in [0.25, 0.3) is 5.91 Å². The van der Waals surface area contributed by atoms with Gasteiger partial charge in [0.15, 0.2) is 0 Å². The molecule has 7 nitrogen and oxygen atoms in total. The summed E-state index contributed by atoms with van der Waals surface area (Å²) in [6.45, 7) is 4.03. The molecule has 8 heteroatoms. The smallest absolute Gasteiger partial charge is 0.295 e. The molecule has 0 radical (unpaired) electrons. The molecule has 0 spiro atoms. The second-order valence-corrected chi connectivity index (χ2v) is 8.24. The van der Waals surface area contributed by atoms with E-state index in [1.165, 1.54) is 16.9 Å². The largest absolute Gasteiger partial charge is 0.872 e. The Kier molecular flexibility index (Phi) is 6.79. The van der Waals surface area contributed by atoms with Gasteiger partial charge < -0.3 is 24.4 Å². The van der Waals surface area contributed by atoms with Crippen LogP contribution in [0.4, 0.5) is 0 Å². The van der Waals surface area contributed by atoms with Crippen LogP contribution < -0.4 is 14.7 Å². The molecule has 0 aliphatic carbocycles. The predicted octanol–water partition coefficient (Wildman–Crippen LogP) is 0.488. The standard InChI is InChI=1S/C24H25ClN2O5/c1-31-17-8-6-16(7-9-17)22(28)20-21(18-4-2-3-5-19(18)25)27(24(30)23(20)29)11-10-26-12-14-32-15-13-26/h2-9,21,28H,10-15H2,1H3. The van der Waals surface area contributed by atoms with Crippen LogP contribution in [0.3, 0.4) is 0 Å². The summed E-state index contributed by atoms with van der Waals surface area (Å²) in [5.74, 6) is -1.32. The zero-order valence-corrected chi connectivity index (χ0v) is 18.6. The number of carbonyl (C=O) groups excluding carboxylic acids is 2. The lowest BCUT2D eigenvalue weighted by Crippen LogP contribution is -3.14. The van der Waals surface area contributed by atoms with Gasteiger partial charge in [-0.1, -0.05) is 47.7 Å². The fourth-order valence-corrected chi connectivity index (χ4v) is 4.45. The first kappa shape index (κ1) is 22.3. The first-order valence-electron chi connectivity index (χ1n) is 10.6. The van der Waals surface area contributed by atoms with Crippen molar-refractivity contribution < 1.29 is 29.1 Å². The monoisotopic (exact) mass is 456 g/mol. The molecule has 2 aliphatic rings. The lowest BCUT2D eigenvalue weighted by atomic mass is 9.95. The van der Waals surface area contributed by atoms with Crippen LogP contribution in [-0.4, -0.2) is 63.1 Å². The number of Topliss-reactive ketones (excluding diaryl/α,β-unsaturated/α-hetero) is 1. The zero-order valence-electron chi connectivity index (χ0n) is 17.8. The molecule has 1 N–H and O–H groups in total. The van der Waals surface area contributed by atoms with Gasteiger partial charge in [0.05, 0.1) is 39.5 Å². The van der Waals surface area contributed by atoms with Crippen LogP contribution in [0.2, 0.25) is 5.02 Å². The maximum Gasteiger partial charge on any atom is 0.295 e. The van der Waals surface area contributed by atoms with Gasteiger partial charge in [-0.15, -0.1) is 0 Å². The summed E-state index contributed by atoms with van der Waals surface area (Å²) in [5.41, 5.74) is 0.826. The van der Waals surface area contributed by atoms with Crippen molar-refractivity contribution in [3.05, 3.63) is 70.3 Å². The molecule has 2 aromatic rings. The number of hydrogen-bond donors (Lipinski definition) is 1. The lowest BCUT2D eigenvalue weighted by molar-refractivity contribution is -0.907. The highest BCUT2D eigenvalue weighted by molar-refractivity contribution is 6.46. The maximum absolute atomic E-state index is 13.4. The van der Waals surface area contributed by atoms with Crippen molar-refractivity contribution in [2.24, 2.45) is 0 Å². The average Bonchev–Trinajstić information content (AvgIpc) is 3.08. The van der Waals surface area contributed by atoms with Gasteiger partial charge in [0.2, 0.25) is 5.78 Å². The molecule has 32 heavy (non-hydrogen) atoms. The molecule has 1 unspecified atom stereocenters. The number of rotatable bonds is 6. The Hall–Kier alpha value is -2.87. The number of nitrogens with one attached hydrogen (secondary N) is 1. The molecule has 0 aromatic heterocycles. The molecule has 0 saturated carbocycles. The van der Waals surface area contributed by atoms with Gasteiger partial charge in [-0.25, -0.2) is 0 Å². The van der Waals surface area contributed by atoms with E-state index in [0.29, 0.717) is 48.2 Å². The fraction of sp³-hybridized carbons (Fsp3) is 0.333. The van der Waals surface area contributed by atoms with Crippen LogP contribution in [0.5, 0.6) is 5.75 Å². The quantitative estimate of drug-likeness (QED) is 0.388. The van der Waals surface area contributed by atoms with Crippen molar-refractivity contribution in [1.29, 1.82) is 0 Å². The normalized spacial score (nSPS) is 21.2. The molecule has 0 bridgehead atoms. The molecule has 2 aliphatic heterocycles. The Balaban J connectivity index is 1.74. The third-order valence-corrected chi connectivity index (χ3v) is 6.33. The van der Waals surface area contributed by atoms with E-state index < -0.39 is 23.5 Å². The summed E-state index contributed by atoms with van der Waals surface area (Å²) < 4.78 is 10.5. The predicted molar refractivity (Wildman–Crippen MR) is 117 cm³/mol. The van der Waals surface area contributed by atoms with Crippen molar-refractivity contribution in [2.75, 3.05) is 46.5 Å². The van der Waals surface area contributed by atoms with E-state index in [1.54, 1.807) is 48.5 Å². The zero-order chi connectivity index (χ0) is 22.7. The van der Waals surface area contributed by atoms with Gasteiger partial charge in [-0.3, -0.25) is 9.59 Å². The van der Waals surface area contributed by atoms with Crippen LogP contribution in [0.1, 0.15) is 17.2 Å². The van der Waals surface area contributed by atoms with E-state index in [-0.39, 0.29) is 5.57 Å². The third kappa shape index (κ3) is 4.37. The maximum atomic E-state index is 13.4. The van der Waals surface area contributed by atoms with E-state index in [9.17, 15) is 14.7 Å². The number of ether oxygens (including phenoxy) is 2. The van der Waals surface area contributed by atoms with E-state index >= 15 is 0 Å². The van der Waals surface area contributed by atoms with Crippen molar-refractivity contribution in [1.82, 2.24) is 4.90 Å². The number of hydrogen-bond acceptors (Lipinski definition) is 5. The fourth-order valence-electron chi connectivity index (χ4n) is 4.21. The highest BCUT2D eigenvalue weighted by Gasteiger charge is 2.45. The molecular formula is C24H25ClN2O5. The van der Waals surface area contributed by atoms with E-state index in [1.807, 2.05) is 0 Å². The Labute approximate surface area is 191 Å². The summed E-state index contributed by atoms with van der Waals surface area (Å²) in [7, 11) is 1.53. The minimum atomic E-state index is -0.821. The molecule has 4 rings (SSSR count). The summed E-state index contributed by atoms with van der Waals surface area (Å²) >= 11 is 6.46. The second kappa shape index (κ2) is 9.73. The Morgan fingerprint density at radius 2 is 1.84 bits per heavy atom. The second-order valence-electron chi connectivity index (χ2n) is 7.84. The molecule has 168 valence electrons. The molecule has 1 atom stereocenters. The van der Waals surface area contributed by atoms with Gasteiger partial charge in [0, 0.05) is 10.6 Å². The minimum absolute atomic E-state index is 0.0646. The average molecular weight is 457 g/mol. The molecule has 2 fully saturated rings. The summed E-state index contributed by atoms with van der Waals surface area (Å²) in [6, 6.07) is 12.7. The topological polar surface area (TPSA) is 83.3 Å². The number of methoxy groups -OCH3 is 1. The molecular weight excluding hydrogens is 432 g/mol. The van der Waals surface area contributed by atoms with E-state index in [2.05, 4.69) is 0 Å². The van der Waals surface area contributed by atoms with Crippen LogP contribution >= 0.6 is 11.6 Å². The van der Waals surface area contributed by atoms with Crippen LogP contribution in [0.15, 0.2) is 54.1 Å². The van der Waals surface area contributed by atoms with Gasteiger partial charge >= 0.3 is 0 Å². The number of benzene rings is 2. The van der Waals surface area contributed by atoms with Crippen molar-refractivity contribution in [3.63, 3.8) is 0 Å². The summed E-state index contributed by atoms with van der Waals surface area (Å²) in [6.07, 6.45) is 0. The van der Waals surface area contributed by atoms with Crippen molar-refractivity contribution in [2.45, 2.75) is 6.04 Å². The molecule has 2 aromatic carbocycles. The SMILES string of the molecule is COc1ccc(C([O-])=C2C(=O)C(=O)N(CC[NH+]3CCOCC3)C2c2ccccc2Cl)cc1. The molecule has 2 heterocycles. The number of morpholine rings is 1. The van der Waals surface area contributed by atoms with Gasteiger partial charge in [-0.2, -0.15) is 0 Å². The Morgan fingerprint density at radius 3 is 2.50 bits per heavy atom. The first-order valence-corrected chi connectivity index (χ1v) is 11.0. The highest BCUT2D eigenvalue weighted by atomic mass is 35.5. The number of quaternary nitrogens is 1. The van der Waals surface area contributed by atoms with Crippen molar-refractivity contribution in [3.8, 4) is 5.75 Å². The number of amides is 1. The highest BCUT2D eigenvalue weighted by Crippen LogP contribution is 2.40. The van der Waals surface area contributed by atoms with Crippen molar-refractivity contribution >= 4 is 29.1 Å². The summed E-state index contributed by atoms with van der Waals surface area (Å²) in [5, 5.41) is 13.8. The van der Waals surface area contributed by atoms with E-state index in [4.69, 9.17) is 21.1 Å². The number of nitrogens with zero attached hydrogens (tertiary/aromatic N) is 1. The Morgan fingerprint density at radius 1 is 1.16 bits per heavy atom. The first-order chi connectivity index (χ1) is 15.5. The van der Waals surface area contributed by atoms with Gasteiger partial charge in [0.1, 0.15) is 18.8 Å². The Bertz CT molecular complexity index is 1030. The third-order valence-electron chi connectivity index (χ3n) is 5.99. The number of ketones is 1. The van der Waals surface area contributed by atoms with Crippen LogP contribution in [0, 0.1) is 0 Å². The molecule has 1 amide bonds. The summed E-state index contributed by atoms with van der Waals surface area (Å²) in [4.78, 5) is 28.9. The van der Waals surface area contributed by atoms with E-state index in [0.717, 1.165) is 13.1 Å². The number of likely N-dealkylation sites (tertiary alicyclic amines) is 1. The lowest BCUT2D eigenvalue weighted by Gasteiger charge is -2.30. The molecule has 2 saturated heterocycles. The van der Waals surface area contributed by atoms with Gasteiger partial charge in [-0.05, 0) is 29.3 Å².